The molecule has 0 aliphatic heterocycles. The Kier molecular flexibility index (Phi) is 4.96. The number of benzene rings is 1. The maximum atomic E-state index is 8.80. The predicted molar refractivity (Wildman–Crippen MR) is 54.4 cm³/mol. The third kappa shape index (κ3) is 2.15. The second-order valence-electron chi connectivity index (χ2n) is 2.95. The van der Waals surface area contributed by atoms with Gasteiger partial charge in [-0.25, -0.2) is 0 Å². The molecule has 1 aromatic rings. The number of nitrogens with zero attached hydrogens (tertiary/aromatic N) is 2. The zero-order chi connectivity index (χ0) is 9.84. The first-order valence-electron chi connectivity index (χ1n) is 4.49. The molecule has 0 spiro atoms. The van der Waals surface area contributed by atoms with Gasteiger partial charge in [0, 0.05) is 5.56 Å². The predicted octanol–water partition coefficient (Wildman–Crippen LogP) is -0.118. The minimum atomic E-state index is 0. The first-order chi connectivity index (χ1) is 6.24. The maximum Gasteiger partial charge on any atom is 0.410 e. The summed E-state index contributed by atoms with van der Waals surface area (Å²) in [6.07, 6.45) is 1.69. The molecular weight excluding hydrogens is 198 g/mol. The molecule has 4 heteroatoms. The molecule has 1 rings (SSSR count). The third-order valence-corrected chi connectivity index (χ3v) is 2.25. The SMILES string of the molecule is CCc1ccc(CC)c([N+]#N)c1N.[Cl-]. The molecule has 2 N–H and O–H groups in total. The topological polar surface area (TPSA) is 54.2 Å². The summed E-state index contributed by atoms with van der Waals surface area (Å²) in [6.45, 7) is 4.04. The van der Waals surface area contributed by atoms with E-state index in [-0.39, 0.29) is 12.4 Å². The first kappa shape index (κ1) is 12.7. The monoisotopic (exact) mass is 211 g/mol. The number of hydrogen-bond donors (Lipinski definition) is 1. The molecule has 0 unspecified atom stereocenters. The van der Waals surface area contributed by atoms with E-state index in [1.807, 2.05) is 26.0 Å². The van der Waals surface area contributed by atoms with Crippen molar-refractivity contribution in [2.75, 3.05) is 5.73 Å². The summed E-state index contributed by atoms with van der Waals surface area (Å²) in [5, 5.41) is 8.80. The van der Waals surface area contributed by atoms with E-state index in [4.69, 9.17) is 11.1 Å². The van der Waals surface area contributed by atoms with Crippen LogP contribution in [0, 0.1) is 5.39 Å². The first-order valence-corrected chi connectivity index (χ1v) is 4.49. The minimum Gasteiger partial charge on any atom is -1.00 e. The Labute approximate surface area is 90.3 Å². The van der Waals surface area contributed by atoms with E-state index in [2.05, 4.69) is 4.98 Å². The number of rotatable bonds is 2. The Morgan fingerprint density at radius 3 is 2.14 bits per heavy atom. The van der Waals surface area contributed by atoms with Gasteiger partial charge in [0.2, 0.25) is 5.39 Å². The fourth-order valence-electron chi connectivity index (χ4n) is 1.41. The highest BCUT2D eigenvalue weighted by molar-refractivity contribution is 5.74. The summed E-state index contributed by atoms with van der Waals surface area (Å²) in [4.78, 5) is 3.22. The Morgan fingerprint density at radius 2 is 1.71 bits per heavy atom. The van der Waals surface area contributed by atoms with Crippen molar-refractivity contribution in [2.45, 2.75) is 26.7 Å². The maximum absolute atomic E-state index is 8.80. The van der Waals surface area contributed by atoms with Gasteiger partial charge in [0.15, 0.2) is 4.98 Å². The lowest BCUT2D eigenvalue weighted by Gasteiger charge is -2.01. The second-order valence-corrected chi connectivity index (χ2v) is 2.95. The lowest BCUT2D eigenvalue weighted by Crippen LogP contribution is -3.00. The highest BCUT2D eigenvalue weighted by Gasteiger charge is 2.19. The highest BCUT2D eigenvalue weighted by Crippen LogP contribution is 2.30. The molecule has 0 radical (unpaired) electrons. The van der Waals surface area contributed by atoms with Crippen molar-refractivity contribution in [3.05, 3.63) is 28.2 Å². The van der Waals surface area contributed by atoms with Crippen LogP contribution < -0.4 is 18.1 Å². The van der Waals surface area contributed by atoms with Crippen LogP contribution in [0.2, 0.25) is 0 Å². The van der Waals surface area contributed by atoms with E-state index in [0.29, 0.717) is 11.4 Å². The van der Waals surface area contributed by atoms with Gasteiger partial charge in [-0.15, -0.1) is 0 Å². The van der Waals surface area contributed by atoms with Gasteiger partial charge in [-0.3, -0.25) is 0 Å². The van der Waals surface area contributed by atoms with E-state index in [9.17, 15) is 0 Å². The fourth-order valence-corrected chi connectivity index (χ4v) is 1.41. The van der Waals surface area contributed by atoms with Crippen LogP contribution in [-0.2, 0) is 12.8 Å². The normalized spacial score (nSPS) is 8.93. The van der Waals surface area contributed by atoms with Crippen molar-refractivity contribution in [1.29, 1.82) is 5.39 Å². The van der Waals surface area contributed by atoms with Gasteiger partial charge in [0.25, 0.3) is 0 Å². The summed E-state index contributed by atoms with van der Waals surface area (Å²) < 4.78 is 0. The molecule has 1 aromatic carbocycles. The van der Waals surface area contributed by atoms with Crippen molar-refractivity contribution in [2.24, 2.45) is 0 Å². The van der Waals surface area contributed by atoms with E-state index < -0.39 is 0 Å². The molecule has 0 atom stereocenters. The zero-order valence-corrected chi connectivity index (χ0v) is 9.17. The van der Waals surface area contributed by atoms with E-state index >= 15 is 0 Å². The number of hydrogen-bond acceptors (Lipinski definition) is 2. The third-order valence-electron chi connectivity index (χ3n) is 2.25. The highest BCUT2D eigenvalue weighted by atomic mass is 35.5. The zero-order valence-electron chi connectivity index (χ0n) is 8.42. The largest absolute Gasteiger partial charge is 1.00 e. The molecular formula is C10H14ClN3. The van der Waals surface area contributed by atoms with Crippen LogP contribution in [0.25, 0.3) is 4.98 Å². The standard InChI is InChI=1S/C10H14N3.ClH/c1-3-7-5-6-8(4-2)10(13-12)9(7)11;/h5-6H,3-4,11H2,1-2H3;1H/q+1;/p-1. The van der Waals surface area contributed by atoms with Gasteiger partial charge in [0.05, 0.1) is 0 Å². The summed E-state index contributed by atoms with van der Waals surface area (Å²) in [7, 11) is 0. The van der Waals surface area contributed by atoms with Crippen LogP contribution in [-0.4, -0.2) is 0 Å². The molecule has 3 nitrogen and oxygen atoms in total. The number of nitrogen functional groups attached to an aromatic ring is 1. The van der Waals surface area contributed by atoms with Gasteiger partial charge in [0.1, 0.15) is 5.69 Å². The second kappa shape index (κ2) is 5.46. The number of nitrogens with two attached hydrogens (primary N) is 1. The van der Waals surface area contributed by atoms with Crippen LogP contribution in [0.15, 0.2) is 12.1 Å². The average molecular weight is 212 g/mol. The summed E-state index contributed by atoms with van der Waals surface area (Å²) in [5.74, 6) is 0. The van der Waals surface area contributed by atoms with Crippen molar-refractivity contribution in [3.63, 3.8) is 0 Å². The van der Waals surface area contributed by atoms with Crippen molar-refractivity contribution in [3.8, 4) is 0 Å². The molecule has 0 saturated carbocycles. The molecule has 0 aliphatic carbocycles. The smallest absolute Gasteiger partial charge is 0.410 e. The number of halogens is 1. The van der Waals surface area contributed by atoms with E-state index in [1.54, 1.807) is 0 Å². The van der Waals surface area contributed by atoms with Crippen LogP contribution in [0.4, 0.5) is 11.4 Å². The molecule has 0 aliphatic rings. The van der Waals surface area contributed by atoms with Gasteiger partial charge in [-0.05, 0) is 18.4 Å². The van der Waals surface area contributed by atoms with Crippen molar-refractivity contribution < 1.29 is 12.4 Å². The fraction of sp³-hybridized carbons (Fsp3) is 0.400. The van der Waals surface area contributed by atoms with Gasteiger partial charge < -0.3 is 18.1 Å². The van der Waals surface area contributed by atoms with Crippen molar-refractivity contribution in [1.82, 2.24) is 0 Å². The quantitative estimate of drug-likeness (QED) is 0.548. The summed E-state index contributed by atoms with van der Waals surface area (Å²) in [6, 6.07) is 3.95. The van der Waals surface area contributed by atoms with Gasteiger partial charge in [-0.1, -0.05) is 26.0 Å². The molecule has 0 fully saturated rings. The number of anilines is 1. The Morgan fingerprint density at radius 1 is 1.21 bits per heavy atom. The average Bonchev–Trinajstić information content (AvgIpc) is 2.17. The van der Waals surface area contributed by atoms with Crippen LogP contribution >= 0.6 is 0 Å². The number of diazo groups is 1. The Balaban J connectivity index is 0.00000169. The Bertz CT molecular complexity index is 355. The van der Waals surface area contributed by atoms with E-state index in [0.717, 1.165) is 24.0 Å². The lowest BCUT2D eigenvalue weighted by atomic mass is 10.0. The van der Waals surface area contributed by atoms with Crippen LogP contribution in [0.5, 0.6) is 0 Å². The summed E-state index contributed by atoms with van der Waals surface area (Å²) >= 11 is 0. The summed E-state index contributed by atoms with van der Waals surface area (Å²) in [5.41, 5.74) is 8.97. The van der Waals surface area contributed by atoms with Crippen LogP contribution in [0.1, 0.15) is 25.0 Å². The lowest BCUT2D eigenvalue weighted by molar-refractivity contribution is -0.00000303. The molecule has 0 amide bonds. The Hall–Kier alpha value is -1.27. The molecule has 0 saturated heterocycles. The minimum absolute atomic E-state index is 0. The molecule has 0 bridgehead atoms. The van der Waals surface area contributed by atoms with Crippen molar-refractivity contribution >= 4 is 11.4 Å². The molecule has 0 aromatic heterocycles. The molecule has 76 valence electrons. The van der Waals surface area contributed by atoms with Gasteiger partial charge in [-0.2, -0.15) is 0 Å². The van der Waals surface area contributed by atoms with Gasteiger partial charge >= 0.3 is 5.69 Å². The van der Waals surface area contributed by atoms with Crippen LogP contribution in [0.3, 0.4) is 0 Å². The van der Waals surface area contributed by atoms with E-state index in [1.165, 1.54) is 0 Å². The molecule has 0 heterocycles. The number of aryl methyl sites for hydroxylation is 2. The molecule has 14 heavy (non-hydrogen) atoms.